The molecule has 2 unspecified atom stereocenters. The second-order valence-electron chi connectivity index (χ2n) is 6.45. The van der Waals surface area contributed by atoms with E-state index < -0.39 is 0 Å². The Morgan fingerprint density at radius 1 is 1.32 bits per heavy atom. The van der Waals surface area contributed by atoms with Crippen molar-refractivity contribution in [2.45, 2.75) is 57.0 Å². The number of hydrogen-bond acceptors (Lipinski definition) is 3. The Morgan fingerprint density at radius 2 is 2.21 bits per heavy atom. The Labute approximate surface area is 116 Å². The van der Waals surface area contributed by atoms with E-state index in [1.54, 1.807) is 0 Å². The molecular weight excluding hydrogens is 238 g/mol. The van der Waals surface area contributed by atoms with Crippen LogP contribution in [0.2, 0.25) is 0 Å². The fourth-order valence-electron chi connectivity index (χ4n) is 4.21. The van der Waals surface area contributed by atoms with Gasteiger partial charge in [-0.1, -0.05) is 13.3 Å². The lowest BCUT2D eigenvalue weighted by molar-refractivity contribution is -0.140. The lowest BCUT2D eigenvalue weighted by Gasteiger charge is -2.41. The smallest absolute Gasteiger partial charge is 0.242 e. The van der Waals surface area contributed by atoms with Crippen LogP contribution in [0.3, 0.4) is 0 Å². The highest BCUT2D eigenvalue weighted by Crippen LogP contribution is 2.29. The summed E-state index contributed by atoms with van der Waals surface area (Å²) in [5.74, 6) is 0.387. The number of nitrogens with zero attached hydrogens (tertiary/aromatic N) is 2. The van der Waals surface area contributed by atoms with Gasteiger partial charge in [0.15, 0.2) is 0 Å². The molecule has 0 spiro atoms. The standard InChI is InChI=1S/C15H27N3O/c1-2-6-15(7-4-8-16-15)14(19)18-11-10-17-9-3-5-13(17)12-18/h13,16H,2-12H2,1H3. The Morgan fingerprint density at radius 3 is 2.95 bits per heavy atom. The van der Waals surface area contributed by atoms with Gasteiger partial charge in [-0.25, -0.2) is 0 Å². The van der Waals surface area contributed by atoms with E-state index in [1.807, 2.05) is 0 Å². The quantitative estimate of drug-likeness (QED) is 0.833. The van der Waals surface area contributed by atoms with Gasteiger partial charge in [0.05, 0.1) is 5.54 Å². The summed E-state index contributed by atoms with van der Waals surface area (Å²) in [6.45, 7) is 7.41. The maximum atomic E-state index is 12.9. The van der Waals surface area contributed by atoms with Crippen LogP contribution in [0.25, 0.3) is 0 Å². The molecule has 3 heterocycles. The first kappa shape index (κ1) is 13.4. The van der Waals surface area contributed by atoms with Gasteiger partial charge in [-0.2, -0.15) is 0 Å². The molecule has 0 aromatic heterocycles. The third-order valence-electron chi connectivity index (χ3n) is 5.20. The third kappa shape index (κ3) is 2.40. The molecule has 0 radical (unpaired) electrons. The van der Waals surface area contributed by atoms with Crippen LogP contribution in [-0.2, 0) is 4.79 Å². The molecule has 2 atom stereocenters. The van der Waals surface area contributed by atoms with E-state index >= 15 is 0 Å². The molecule has 0 bridgehead atoms. The molecule has 0 aromatic rings. The minimum absolute atomic E-state index is 0.227. The zero-order chi connectivity index (χ0) is 13.3. The summed E-state index contributed by atoms with van der Waals surface area (Å²) in [6, 6.07) is 0.637. The zero-order valence-electron chi connectivity index (χ0n) is 12.2. The molecule has 3 aliphatic rings. The van der Waals surface area contributed by atoms with Crippen molar-refractivity contribution in [2.75, 3.05) is 32.7 Å². The Bertz CT molecular complexity index is 338. The second-order valence-corrected chi connectivity index (χ2v) is 6.45. The van der Waals surface area contributed by atoms with Crippen molar-refractivity contribution < 1.29 is 4.79 Å². The van der Waals surface area contributed by atoms with Crippen LogP contribution in [0.4, 0.5) is 0 Å². The van der Waals surface area contributed by atoms with Crippen molar-refractivity contribution in [2.24, 2.45) is 0 Å². The SMILES string of the molecule is CCCC1(C(=O)N2CCN3CCCC3C2)CCCN1. The second kappa shape index (κ2) is 5.41. The van der Waals surface area contributed by atoms with Crippen LogP contribution in [0.1, 0.15) is 45.4 Å². The van der Waals surface area contributed by atoms with Crippen LogP contribution in [0.5, 0.6) is 0 Å². The van der Waals surface area contributed by atoms with Crippen molar-refractivity contribution in [3.05, 3.63) is 0 Å². The maximum Gasteiger partial charge on any atom is 0.242 e. The summed E-state index contributed by atoms with van der Waals surface area (Å²) < 4.78 is 0. The topological polar surface area (TPSA) is 35.6 Å². The number of nitrogens with one attached hydrogen (secondary N) is 1. The van der Waals surface area contributed by atoms with E-state index in [0.29, 0.717) is 11.9 Å². The molecular formula is C15H27N3O. The average Bonchev–Trinajstić information content (AvgIpc) is 3.06. The lowest BCUT2D eigenvalue weighted by atomic mass is 9.89. The summed E-state index contributed by atoms with van der Waals surface area (Å²) >= 11 is 0. The predicted molar refractivity (Wildman–Crippen MR) is 76.1 cm³/mol. The molecule has 4 nitrogen and oxygen atoms in total. The monoisotopic (exact) mass is 265 g/mol. The van der Waals surface area contributed by atoms with Crippen molar-refractivity contribution in [1.82, 2.24) is 15.1 Å². The fraction of sp³-hybridized carbons (Fsp3) is 0.933. The van der Waals surface area contributed by atoms with Crippen LogP contribution >= 0.6 is 0 Å². The molecule has 4 heteroatoms. The number of carbonyl (C=O) groups excluding carboxylic acids is 1. The van der Waals surface area contributed by atoms with Crippen molar-refractivity contribution in [1.29, 1.82) is 0 Å². The Balaban J connectivity index is 1.68. The van der Waals surface area contributed by atoms with Crippen LogP contribution < -0.4 is 5.32 Å². The van der Waals surface area contributed by atoms with Gasteiger partial charge < -0.3 is 10.2 Å². The van der Waals surface area contributed by atoms with E-state index in [1.165, 1.54) is 19.4 Å². The van der Waals surface area contributed by atoms with Crippen LogP contribution in [-0.4, -0.2) is 60.0 Å². The van der Waals surface area contributed by atoms with E-state index in [2.05, 4.69) is 22.0 Å². The number of piperazine rings is 1. The summed E-state index contributed by atoms with van der Waals surface area (Å²) in [6.07, 6.45) is 6.85. The molecule has 0 saturated carbocycles. The van der Waals surface area contributed by atoms with Gasteiger partial charge in [0.2, 0.25) is 5.91 Å². The van der Waals surface area contributed by atoms with E-state index in [4.69, 9.17) is 0 Å². The molecule has 108 valence electrons. The van der Waals surface area contributed by atoms with Crippen LogP contribution in [0.15, 0.2) is 0 Å². The van der Waals surface area contributed by atoms with E-state index in [9.17, 15) is 4.79 Å². The minimum Gasteiger partial charge on any atom is -0.338 e. The Hall–Kier alpha value is -0.610. The first-order valence-corrected chi connectivity index (χ1v) is 8.04. The highest BCUT2D eigenvalue weighted by molar-refractivity contribution is 5.87. The molecule has 3 rings (SSSR count). The van der Waals surface area contributed by atoms with Gasteiger partial charge in [-0.05, 0) is 45.2 Å². The minimum atomic E-state index is -0.227. The molecule has 19 heavy (non-hydrogen) atoms. The Kier molecular flexibility index (Phi) is 3.81. The molecule has 1 N–H and O–H groups in total. The molecule has 0 aliphatic carbocycles. The first-order valence-electron chi connectivity index (χ1n) is 8.04. The summed E-state index contributed by atoms with van der Waals surface area (Å²) in [4.78, 5) is 17.7. The number of carbonyl (C=O) groups is 1. The van der Waals surface area contributed by atoms with Gasteiger partial charge >= 0.3 is 0 Å². The summed E-state index contributed by atoms with van der Waals surface area (Å²) in [5, 5.41) is 3.52. The van der Waals surface area contributed by atoms with E-state index in [0.717, 1.165) is 51.9 Å². The molecule has 1 amide bonds. The largest absolute Gasteiger partial charge is 0.338 e. The van der Waals surface area contributed by atoms with Crippen molar-refractivity contribution in [3.8, 4) is 0 Å². The molecule has 3 saturated heterocycles. The van der Waals surface area contributed by atoms with Gasteiger partial charge in [0.25, 0.3) is 0 Å². The number of hydrogen-bond donors (Lipinski definition) is 1. The van der Waals surface area contributed by atoms with Gasteiger partial charge in [0.1, 0.15) is 0 Å². The summed E-state index contributed by atoms with van der Waals surface area (Å²) in [7, 11) is 0. The number of fused-ring (bicyclic) bond motifs is 1. The summed E-state index contributed by atoms with van der Waals surface area (Å²) in [5.41, 5.74) is -0.227. The van der Waals surface area contributed by atoms with Gasteiger partial charge in [-0.15, -0.1) is 0 Å². The van der Waals surface area contributed by atoms with Crippen molar-refractivity contribution in [3.63, 3.8) is 0 Å². The van der Waals surface area contributed by atoms with Crippen molar-refractivity contribution >= 4 is 5.91 Å². The fourth-order valence-corrected chi connectivity index (χ4v) is 4.21. The average molecular weight is 265 g/mol. The number of rotatable bonds is 3. The maximum absolute atomic E-state index is 12.9. The normalized spacial score (nSPS) is 35.6. The molecule has 0 aromatic carbocycles. The van der Waals surface area contributed by atoms with Gasteiger partial charge in [-0.3, -0.25) is 9.69 Å². The predicted octanol–water partition coefficient (Wildman–Crippen LogP) is 1.22. The van der Waals surface area contributed by atoms with Crippen LogP contribution in [0, 0.1) is 0 Å². The highest BCUT2D eigenvalue weighted by Gasteiger charge is 2.44. The number of amides is 1. The van der Waals surface area contributed by atoms with Gasteiger partial charge in [0, 0.05) is 25.7 Å². The lowest BCUT2D eigenvalue weighted by Crippen LogP contribution is -2.60. The highest BCUT2D eigenvalue weighted by atomic mass is 16.2. The molecule has 3 aliphatic heterocycles. The zero-order valence-corrected chi connectivity index (χ0v) is 12.2. The molecule has 3 fully saturated rings. The van der Waals surface area contributed by atoms with E-state index in [-0.39, 0.29) is 5.54 Å². The first-order chi connectivity index (χ1) is 9.25. The third-order valence-corrected chi connectivity index (χ3v) is 5.20.